The molecule has 2 nitrogen and oxygen atoms in total. The van der Waals surface area contributed by atoms with Crippen molar-refractivity contribution in [3.8, 4) is 44.5 Å². The Morgan fingerprint density at radius 3 is 1.65 bits per heavy atom. The topological polar surface area (TPSA) is 16.4 Å². The lowest BCUT2D eigenvalue weighted by Gasteiger charge is -2.28. The van der Waals surface area contributed by atoms with Crippen LogP contribution >= 0.6 is 0 Å². The van der Waals surface area contributed by atoms with Gasteiger partial charge in [0.15, 0.2) is 0 Å². The SMILES string of the molecule is CC1(C)c2ccccc2-c2ccc(N(c3ccc(-c4ccccc4)cc3)c3ccc(-c4cc(-c5cccc6ccccc56)cc5c4oc4c6ccccc6c6ccccc6c54)cc3)cc21. The minimum absolute atomic E-state index is 0.127. The van der Waals surface area contributed by atoms with Gasteiger partial charge in [-0.25, -0.2) is 0 Å². The highest BCUT2D eigenvalue weighted by Gasteiger charge is 2.35. The van der Waals surface area contributed by atoms with Gasteiger partial charge in [-0.3, -0.25) is 0 Å². The molecule has 0 fully saturated rings. The molecule has 0 saturated heterocycles. The quantitative estimate of drug-likeness (QED) is 0.155. The first-order valence-corrected chi connectivity index (χ1v) is 22.6. The molecule has 65 heavy (non-hydrogen) atoms. The van der Waals surface area contributed by atoms with E-state index in [4.69, 9.17) is 4.42 Å². The number of furan rings is 1. The highest BCUT2D eigenvalue weighted by Crippen LogP contribution is 2.51. The van der Waals surface area contributed by atoms with Crippen molar-refractivity contribution in [3.05, 3.63) is 236 Å². The van der Waals surface area contributed by atoms with Crippen molar-refractivity contribution < 1.29 is 4.42 Å². The second-order valence-corrected chi connectivity index (χ2v) is 18.0. The van der Waals surface area contributed by atoms with E-state index in [1.165, 1.54) is 65.9 Å². The van der Waals surface area contributed by atoms with Gasteiger partial charge < -0.3 is 9.32 Å². The van der Waals surface area contributed by atoms with Gasteiger partial charge in [0.1, 0.15) is 11.2 Å². The fourth-order valence-corrected chi connectivity index (χ4v) is 10.9. The molecule has 0 unspecified atom stereocenters. The summed E-state index contributed by atoms with van der Waals surface area (Å²) in [6.45, 7) is 4.71. The lowest BCUT2D eigenvalue weighted by atomic mass is 9.82. The molecule has 0 atom stereocenters. The fourth-order valence-electron chi connectivity index (χ4n) is 10.9. The van der Waals surface area contributed by atoms with E-state index in [1.807, 2.05) is 0 Å². The third-order valence-corrected chi connectivity index (χ3v) is 14.0. The molecule has 1 aliphatic carbocycles. The lowest BCUT2D eigenvalue weighted by Crippen LogP contribution is -2.16. The van der Waals surface area contributed by atoms with E-state index in [0.29, 0.717) is 0 Å². The Morgan fingerprint density at radius 2 is 0.877 bits per heavy atom. The number of nitrogens with zero attached hydrogens (tertiary/aromatic N) is 1. The third kappa shape index (κ3) is 5.81. The van der Waals surface area contributed by atoms with E-state index in [9.17, 15) is 0 Å². The van der Waals surface area contributed by atoms with Crippen LogP contribution in [0.25, 0.3) is 98.8 Å². The minimum atomic E-state index is -0.127. The lowest BCUT2D eigenvalue weighted by molar-refractivity contribution is 0.660. The number of rotatable bonds is 6. The Bertz CT molecular complexity index is 3830. The molecule has 0 bridgehead atoms. The van der Waals surface area contributed by atoms with Crippen molar-refractivity contribution in [2.75, 3.05) is 4.90 Å². The number of benzene rings is 11. The van der Waals surface area contributed by atoms with Crippen molar-refractivity contribution in [1.82, 2.24) is 0 Å². The maximum Gasteiger partial charge on any atom is 0.143 e. The van der Waals surface area contributed by atoms with Gasteiger partial charge >= 0.3 is 0 Å². The second-order valence-electron chi connectivity index (χ2n) is 18.0. The van der Waals surface area contributed by atoms with Gasteiger partial charge in [-0.1, -0.05) is 190 Å². The summed E-state index contributed by atoms with van der Waals surface area (Å²) in [6, 6.07) is 82.0. The standard InChI is InChI=1S/C63H43NO/c1-63(2)58-26-13-12-22-52(58)53-36-35-47(39-59(53)63)64(45-31-27-41(28-32-45)40-15-4-3-5-16-40)46-33-29-43(30-34-46)56-37-44(49-25-14-18-42-17-6-7-19-48(42)49)38-57-60-54-23-10-8-20-50(54)51-21-9-11-24-55(51)62(60)65-61(56)57/h3-39H,1-2H3. The van der Waals surface area contributed by atoms with E-state index in [2.05, 4.69) is 243 Å². The Balaban J connectivity index is 1.01. The molecular weight excluding hydrogens is 787 g/mol. The molecule has 2 heteroatoms. The summed E-state index contributed by atoms with van der Waals surface area (Å²) >= 11 is 0. The molecule has 0 saturated carbocycles. The third-order valence-electron chi connectivity index (χ3n) is 14.0. The van der Waals surface area contributed by atoms with Gasteiger partial charge in [0.05, 0.1) is 0 Å². The van der Waals surface area contributed by atoms with Gasteiger partial charge in [0.2, 0.25) is 0 Å². The van der Waals surface area contributed by atoms with Crippen LogP contribution < -0.4 is 4.90 Å². The fraction of sp³-hybridized carbons (Fsp3) is 0.0476. The van der Waals surface area contributed by atoms with Crippen molar-refractivity contribution in [3.63, 3.8) is 0 Å². The number of fused-ring (bicyclic) bond motifs is 12. The summed E-state index contributed by atoms with van der Waals surface area (Å²) in [5.74, 6) is 0. The van der Waals surface area contributed by atoms with E-state index >= 15 is 0 Å². The predicted molar refractivity (Wildman–Crippen MR) is 275 cm³/mol. The summed E-state index contributed by atoms with van der Waals surface area (Å²) in [6.07, 6.45) is 0. The summed E-state index contributed by atoms with van der Waals surface area (Å²) in [5.41, 5.74) is 17.3. The first-order chi connectivity index (χ1) is 32.0. The molecule has 306 valence electrons. The Morgan fingerprint density at radius 1 is 0.323 bits per heavy atom. The van der Waals surface area contributed by atoms with Crippen molar-refractivity contribution in [2.24, 2.45) is 0 Å². The normalized spacial score (nSPS) is 12.9. The van der Waals surface area contributed by atoms with Crippen molar-refractivity contribution in [2.45, 2.75) is 19.3 Å². The van der Waals surface area contributed by atoms with Crippen LogP contribution in [0.5, 0.6) is 0 Å². The van der Waals surface area contributed by atoms with Crippen molar-refractivity contribution >= 4 is 71.3 Å². The van der Waals surface area contributed by atoms with Gasteiger partial charge in [0.25, 0.3) is 0 Å². The summed E-state index contributed by atoms with van der Waals surface area (Å²) < 4.78 is 7.18. The number of hydrogen-bond donors (Lipinski definition) is 0. The zero-order valence-corrected chi connectivity index (χ0v) is 36.2. The summed E-state index contributed by atoms with van der Waals surface area (Å²) in [7, 11) is 0. The molecule has 0 spiro atoms. The average molecular weight is 830 g/mol. The molecule has 1 aromatic heterocycles. The van der Waals surface area contributed by atoms with Crippen molar-refractivity contribution in [1.29, 1.82) is 0 Å². The second kappa shape index (κ2) is 14.4. The Hall–Kier alpha value is -8.20. The van der Waals surface area contributed by atoms with Crippen LogP contribution in [-0.4, -0.2) is 0 Å². The van der Waals surface area contributed by atoms with Crippen LogP contribution in [0.1, 0.15) is 25.0 Å². The first kappa shape index (κ1) is 37.4. The van der Waals surface area contributed by atoms with E-state index < -0.39 is 0 Å². The molecule has 12 aromatic rings. The monoisotopic (exact) mass is 829 g/mol. The predicted octanol–water partition coefficient (Wildman–Crippen LogP) is 17.8. The molecule has 0 aliphatic heterocycles. The van der Waals surface area contributed by atoms with Gasteiger partial charge in [-0.2, -0.15) is 0 Å². The van der Waals surface area contributed by atoms with Gasteiger partial charge in [-0.15, -0.1) is 0 Å². The highest BCUT2D eigenvalue weighted by atomic mass is 16.3. The Kier molecular flexibility index (Phi) is 8.29. The Labute approximate surface area is 378 Å². The summed E-state index contributed by atoms with van der Waals surface area (Å²) in [5, 5.41) is 9.48. The minimum Gasteiger partial charge on any atom is -0.455 e. The zero-order valence-electron chi connectivity index (χ0n) is 36.2. The number of anilines is 3. The van der Waals surface area contributed by atoms with Crippen LogP contribution in [0, 0.1) is 0 Å². The van der Waals surface area contributed by atoms with Gasteiger partial charge in [-0.05, 0) is 126 Å². The number of hydrogen-bond acceptors (Lipinski definition) is 2. The smallest absolute Gasteiger partial charge is 0.143 e. The molecule has 1 aliphatic rings. The molecule has 1 heterocycles. The van der Waals surface area contributed by atoms with Crippen LogP contribution in [0.4, 0.5) is 17.1 Å². The largest absolute Gasteiger partial charge is 0.455 e. The van der Waals surface area contributed by atoms with E-state index in [-0.39, 0.29) is 5.41 Å². The van der Waals surface area contributed by atoms with Crippen LogP contribution in [0.3, 0.4) is 0 Å². The van der Waals surface area contributed by atoms with Crippen LogP contribution in [-0.2, 0) is 5.41 Å². The van der Waals surface area contributed by atoms with E-state index in [1.54, 1.807) is 0 Å². The van der Waals surface area contributed by atoms with Crippen LogP contribution in [0.2, 0.25) is 0 Å². The molecular formula is C63H43NO. The average Bonchev–Trinajstić information content (AvgIpc) is 3.87. The first-order valence-electron chi connectivity index (χ1n) is 22.6. The maximum atomic E-state index is 7.18. The summed E-state index contributed by atoms with van der Waals surface area (Å²) in [4.78, 5) is 2.40. The van der Waals surface area contributed by atoms with Crippen LogP contribution in [0.15, 0.2) is 229 Å². The van der Waals surface area contributed by atoms with Gasteiger partial charge in [0, 0.05) is 44.2 Å². The molecule has 0 radical (unpaired) electrons. The highest BCUT2D eigenvalue weighted by molar-refractivity contribution is 6.31. The molecule has 13 rings (SSSR count). The molecule has 0 N–H and O–H groups in total. The zero-order chi connectivity index (χ0) is 43.2. The molecule has 0 amide bonds. The van der Waals surface area contributed by atoms with E-state index in [0.717, 1.165) is 61.1 Å². The maximum absolute atomic E-state index is 7.18. The molecule has 11 aromatic carbocycles.